The van der Waals surface area contributed by atoms with E-state index in [0.29, 0.717) is 44.4 Å². The highest BCUT2D eigenvalue weighted by atomic mass is 32.2. The van der Waals surface area contributed by atoms with Crippen molar-refractivity contribution in [3.05, 3.63) is 54.1 Å². The van der Waals surface area contributed by atoms with Crippen LogP contribution in [0.3, 0.4) is 0 Å². The summed E-state index contributed by atoms with van der Waals surface area (Å²) in [6.07, 6.45) is 2.74. The Bertz CT molecular complexity index is 1040. The van der Waals surface area contributed by atoms with Crippen molar-refractivity contribution in [1.29, 1.82) is 0 Å². The molecule has 0 spiro atoms. The molecule has 2 aromatic rings. The van der Waals surface area contributed by atoms with E-state index < -0.39 is 10.0 Å². The summed E-state index contributed by atoms with van der Waals surface area (Å²) in [6, 6.07) is 14.3. The molecule has 9 heteroatoms. The smallest absolute Gasteiger partial charge is 0.240 e. The zero-order chi connectivity index (χ0) is 23.1. The maximum atomic E-state index is 13.0. The lowest BCUT2D eigenvalue weighted by molar-refractivity contribution is -0.133. The predicted octanol–water partition coefficient (Wildman–Crippen LogP) is 2.72. The highest BCUT2D eigenvalue weighted by Crippen LogP contribution is 2.31. The lowest BCUT2D eigenvalue weighted by atomic mass is 10.1. The van der Waals surface area contributed by atoms with Gasteiger partial charge in [-0.15, -0.1) is 0 Å². The number of carbonyl (C=O) groups is 1. The monoisotopic (exact) mass is 474 g/mol. The van der Waals surface area contributed by atoms with Gasteiger partial charge < -0.3 is 19.1 Å². The van der Waals surface area contributed by atoms with Crippen LogP contribution >= 0.6 is 0 Å². The molecule has 0 aliphatic carbocycles. The fourth-order valence-corrected chi connectivity index (χ4v) is 4.98. The Morgan fingerprint density at radius 2 is 1.79 bits per heavy atom. The molecule has 1 unspecified atom stereocenters. The number of nitrogens with one attached hydrogen (secondary N) is 1. The Kier molecular flexibility index (Phi) is 7.85. The first kappa shape index (κ1) is 23.5. The van der Waals surface area contributed by atoms with Gasteiger partial charge in [-0.2, -0.15) is 0 Å². The number of sulfonamides is 1. The number of amides is 1. The standard InChI is InChI=1S/C24H30N2O6S/c27-24(26(18-20-8-4-13-30-20)17-19-6-2-1-3-7-19)11-12-25-33(28,29)21-9-10-22-23(16-21)32-15-5-14-31-22/h1-3,6-7,9-10,16,20,25H,4-5,8,11-15,17-18H2. The van der Waals surface area contributed by atoms with Gasteiger partial charge in [0.2, 0.25) is 15.9 Å². The van der Waals surface area contributed by atoms with Crippen LogP contribution in [0.5, 0.6) is 11.5 Å². The zero-order valence-corrected chi connectivity index (χ0v) is 19.4. The molecular weight excluding hydrogens is 444 g/mol. The summed E-state index contributed by atoms with van der Waals surface area (Å²) in [6.45, 7) is 2.70. The summed E-state index contributed by atoms with van der Waals surface area (Å²) >= 11 is 0. The topological polar surface area (TPSA) is 94.2 Å². The summed E-state index contributed by atoms with van der Waals surface area (Å²) < 4.78 is 44.9. The van der Waals surface area contributed by atoms with Gasteiger partial charge in [-0.3, -0.25) is 4.79 Å². The maximum Gasteiger partial charge on any atom is 0.240 e. The Hall–Kier alpha value is -2.62. The molecule has 1 saturated heterocycles. The summed E-state index contributed by atoms with van der Waals surface area (Å²) in [5.74, 6) is 0.833. The molecule has 8 nitrogen and oxygen atoms in total. The van der Waals surface area contributed by atoms with Gasteiger partial charge in [-0.25, -0.2) is 13.1 Å². The van der Waals surface area contributed by atoms with Crippen molar-refractivity contribution in [3.8, 4) is 11.5 Å². The molecule has 1 fully saturated rings. The fraction of sp³-hybridized carbons (Fsp3) is 0.458. The molecule has 2 aromatic carbocycles. The van der Waals surface area contributed by atoms with Crippen LogP contribution in [0, 0.1) is 0 Å². The molecule has 0 bridgehead atoms. The molecule has 2 heterocycles. The lowest BCUT2D eigenvalue weighted by Gasteiger charge is -2.26. The van der Waals surface area contributed by atoms with Gasteiger partial charge in [-0.05, 0) is 30.5 Å². The molecule has 33 heavy (non-hydrogen) atoms. The van der Waals surface area contributed by atoms with Crippen LogP contribution in [0.1, 0.15) is 31.2 Å². The highest BCUT2D eigenvalue weighted by molar-refractivity contribution is 7.89. The Labute approximate surface area is 194 Å². The van der Waals surface area contributed by atoms with Crippen molar-refractivity contribution in [3.63, 3.8) is 0 Å². The first-order valence-corrected chi connectivity index (χ1v) is 12.8. The quantitative estimate of drug-likeness (QED) is 0.601. The zero-order valence-electron chi connectivity index (χ0n) is 18.6. The first-order chi connectivity index (χ1) is 16.0. The van der Waals surface area contributed by atoms with E-state index in [4.69, 9.17) is 14.2 Å². The van der Waals surface area contributed by atoms with Crippen molar-refractivity contribution < 1.29 is 27.4 Å². The third kappa shape index (κ3) is 6.46. The van der Waals surface area contributed by atoms with Gasteiger partial charge in [-0.1, -0.05) is 30.3 Å². The molecule has 0 saturated carbocycles. The number of hydrogen-bond acceptors (Lipinski definition) is 6. The number of benzene rings is 2. The minimum Gasteiger partial charge on any atom is -0.490 e. The number of fused-ring (bicyclic) bond motifs is 1. The average Bonchev–Trinajstić information content (AvgIpc) is 3.21. The summed E-state index contributed by atoms with van der Waals surface area (Å²) in [5, 5.41) is 0. The summed E-state index contributed by atoms with van der Waals surface area (Å²) in [7, 11) is -3.79. The Morgan fingerprint density at radius 3 is 2.55 bits per heavy atom. The van der Waals surface area contributed by atoms with Crippen LogP contribution in [-0.2, 0) is 26.1 Å². The van der Waals surface area contributed by atoms with Gasteiger partial charge in [0.25, 0.3) is 0 Å². The SMILES string of the molecule is O=C(CCNS(=O)(=O)c1ccc2c(c1)OCCCO2)N(Cc1ccccc1)CC1CCCO1. The Balaban J connectivity index is 1.36. The average molecular weight is 475 g/mol. The molecule has 2 aliphatic heterocycles. The Morgan fingerprint density at radius 1 is 1.00 bits per heavy atom. The molecule has 1 amide bonds. The van der Waals surface area contributed by atoms with E-state index in [1.807, 2.05) is 30.3 Å². The van der Waals surface area contributed by atoms with Crippen LogP contribution in [0.15, 0.2) is 53.4 Å². The second-order valence-electron chi connectivity index (χ2n) is 8.20. The molecule has 4 rings (SSSR count). The van der Waals surface area contributed by atoms with Crippen LogP contribution in [0.2, 0.25) is 0 Å². The molecule has 2 aliphatic rings. The second kappa shape index (κ2) is 11.0. The largest absolute Gasteiger partial charge is 0.490 e. The van der Waals surface area contributed by atoms with E-state index in [1.54, 1.807) is 11.0 Å². The highest BCUT2D eigenvalue weighted by Gasteiger charge is 2.24. The van der Waals surface area contributed by atoms with Gasteiger partial charge in [0, 0.05) is 45.1 Å². The minimum absolute atomic E-state index is 0.00637. The van der Waals surface area contributed by atoms with Crippen LogP contribution in [0.25, 0.3) is 0 Å². The van der Waals surface area contributed by atoms with Crippen LogP contribution in [0.4, 0.5) is 0 Å². The number of hydrogen-bond donors (Lipinski definition) is 1. The molecule has 0 radical (unpaired) electrons. The number of ether oxygens (including phenoxy) is 3. The maximum absolute atomic E-state index is 13.0. The third-order valence-electron chi connectivity index (χ3n) is 5.68. The number of nitrogens with zero attached hydrogens (tertiary/aromatic N) is 1. The predicted molar refractivity (Wildman–Crippen MR) is 123 cm³/mol. The van der Waals surface area contributed by atoms with Gasteiger partial charge >= 0.3 is 0 Å². The molecule has 178 valence electrons. The lowest BCUT2D eigenvalue weighted by Crippen LogP contribution is -2.38. The van der Waals surface area contributed by atoms with Crippen molar-refractivity contribution in [2.24, 2.45) is 0 Å². The molecule has 0 aromatic heterocycles. The van der Waals surface area contributed by atoms with Gasteiger partial charge in [0.05, 0.1) is 24.2 Å². The summed E-state index contributed by atoms with van der Waals surface area (Å²) in [5.41, 5.74) is 1.02. The summed E-state index contributed by atoms with van der Waals surface area (Å²) in [4.78, 5) is 14.8. The van der Waals surface area contributed by atoms with E-state index in [2.05, 4.69) is 4.72 Å². The van der Waals surface area contributed by atoms with Crippen LogP contribution < -0.4 is 14.2 Å². The second-order valence-corrected chi connectivity index (χ2v) is 9.97. The van der Waals surface area contributed by atoms with E-state index in [-0.39, 0.29) is 29.9 Å². The van der Waals surface area contributed by atoms with Gasteiger partial charge in [0.1, 0.15) is 0 Å². The first-order valence-electron chi connectivity index (χ1n) is 11.3. The van der Waals surface area contributed by atoms with Crippen molar-refractivity contribution in [1.82, 2.24) is 9.62 Å². The number of rotatable bonds is 9. The van der Waals surface area contributed by atoms with Crippen molar-refractivity contribution >= 4 is 15.9 Å². The van der Waals surface area contributed by atoms with E-state index in [0.717, 1.165) is 24.8 Å². The van der Waals surface area contributed by atoms with Gasteiger partial charge in [0.15, 0.2) is 11.5 Å². The molecule has 1 N–H and O–H groups in total. The van der Waals surface area contributed by atoms with E-state index in [9.17, 15) is 13.2 Å². The third-order valence-corrected chi connectivity index (χ3v) is 7.14. The van der Waals surface area contributed by atoms with Crippen molar-refractivity contribution in [2.75, 3.05) is 32.9 Å². The minimum atomic E-state index is -3.79. The van der Waals surface area contributed by atoms with E-state index in [1.165, 1.54) is 12.1 Å². The van der Waals surface area contributed by atoms with E-state index >= 15 is 0 Å². The fourth-order valence-electron chi connectivity index (χ4n) is 3.94. The molecular formula is C24H30N2O6S. The van der Waals surface area contributed by atoms with Crippen LogP contribution in [-0.4, -0.2) is 58.2 Å². The normalized spacial score (nSPS) is 18.0. The number of carbonyl (C=O) groups excluding carboxylic acids is 1. The molecule has 1 atom stereocenters. The van der Waals surface area contributed by atoms with Crippen molar-refractivity contribution in [2.45, 2.75) is 43.2 Å².